The van der Waals surface area contributed by atoms with Crippen LogP contribution in [0.3, 0.4) is 0 Å². The fourth-order valence-electron chi connectivity index (χ4n) is 12.1. The van der Waals surface area contributed by atoms with Crippen molar-refractivity contribution in [3.8, 4) is 0 Å². The van der Waals surface area contributed by atoms with Crippen molar-refractivity contribution in [2.24, 2.45) is 50.2 Å². The van der Waals surface area contributed by atoms with Gasteiger partial charge < -0.3 is 24.4 Å². The molecule has 0 amide bonds. The molecule has 5 fully saturated rings. The molecule has 7 nitrogen and oxygen atoms in total. The van der Waals surface area contributed by atoms with Crippen molar-refractivity contribution in [1.82, 2.24) is 0 Å². The molecule has 6 aliphatic rings. The number of fused-ring (bicyclic) bond motifs is 7. The highest BCUT2D eigenvalue weighted by Gasteiger charge is 2.70. The number of aliphatic hydroxyl groups excluding tert-OH is 2. The van der Waals surface area contributed by atoms with Crippen LogP contribution in [0.25, 0.3) is 0 Å². The molecule has 0 aromatic heterocycles. The third-order valence-electron chi connectivity index (χ3n) is 15.2. The summed E-state index contributed by atoms with van der Waals surface area (Å²) >= 11 is 0. The first-order valence-electron chi connectivity index (χ1n) is 17.4. The minimum Gasteiger partial charge on any atom is -0.469 e. The van der Waals surface area contributed by atoms with E-state index in [0.29, 0.717) is 11.7 Å². The van der Waals surface area contributed by atoms with E-state index in [1.807, 2.05) is 0 Å². The number of hydrogen-bond acceptors (Lipinski definition) is 7. The molecule has 0 spiro atoms. The Kier molecular flexibility index (Phi) is 7.69. The van der Waals surface area contributed by atoms with Crippen LogP contribution >= 0.6 is 0 Å². The zero-order valence-corrected chi connectivity index (χ0v) is 28.7. The summed E-state index contributed by atoms with van der Waals surface area (Å²) < 4.78 is 17.9. The van der Waals surface area contributed by atoms with Crippen LogP contribution in [0.1, 0.15) is 120 Å². The van der Waals surface area contributed by atoms with Gasteiger partial charge in [0.15, 0.2) is 12.1 Å². The number of carbonyl (C=O) groups is 2. The van der Waals surface area contributed by atoms with Crippen LogP contribution in [0.15, 0.2) is 11.6 Å². The van der Waals surface area contributed by atoms with E-state index in [4.69, 9.17) is 14.2 Å². The fourth-order valence-corrected chi connectivity index (χ4v) is 12.1. The lowest BCUT2D eigenvalue weighted by atomic mass is 9.33. The molecule has 44 heavy (non-hydrogen) atoms. The summed E-state index contributed by atoms with van der Waals surface area (Å²) in [5.41, 5.74) is 0.284. The second-order valence-electron chi connectivity index (χ2n) is 17.8. The molecule has 1 aliphatic heterocycles. The van der Waals surface area contributed by atoms with Crippen LogP contribution in [0.4, 0.5) is 0 Å². The quantitative estimate of drug-likeness (QED) is 0.281. The third-order valence-corrected chi connectivity index (χ3v) is 15.2. The molecule has 0 aromatic carbocycles. The topological polar surface area (TPSA) is 102 Å². The number of methoxy groups -OCH3 is 1. The Labute approximate surface area is 264 Å². The van der Waals surface area contributed by atoms with Crippen LogP contribution in [-0.4, -0.2) is 59.8 Å². The van der Waals surface area contributed by atoms with Crippen molar-refractivity contribution >= 4 is 11.8 Å². The molecule has 1 heterocycles. The third kappa shape index (κ3) is 4.41. The molecule has 4 saturated carbocycles. The number of carbonyl (C=O) groups excluding carboxylic acids is 2. The summed E-state index contributed by atoms with van der Waals surface area (Å²) in [4.78, 5) is 27.6. The lowest BCUT2D eigenvalue weighted by Gasteiger charge is -2.70. The number of esters is 1. The molecule has 7 heteroatoms. The standard InChI is InChI=1S/C37H58O7/c1-21-29(40)24(38)19-28(43-21)44-27-11-12-35(6)26(32(27,2)3)10-13-37(8)30(35)25(39)18-22-23-20-34(5,31(41)42-9)15-14-33(23,4)16-17-36(22,37)7/h18,21,23-24,26-30,38,40H,10-17,19-20H2,1-9H3/t21-,23-,24-,26-,27-,28-,29-,30+,33+,34-,35-,36+,37+/m0/s1. The van der Waals surface area contributed by atoms with Gasteiger partial charge in [-0.3, -0.25) is 9.59 Å². The maximum Gasteiger partial charge on any atom is 0.311 e. The van der Waals surface area contributed by atoms with Gasteiger partial charge in [-0.05, 0) is 117 Å². The summed E-state index contributed by atoms with van der Waals surface area (Å²) in [7, 11) is 1.50. The first-order valence-corrected chi connectivity index (χ1v) is 17.4. The van der Waals surface area contributed by atoms with Crippen molar-refractivity contribution < 1.29 is 34.0 Å². The van der Waals surface area contributed by atoms with Crippen molar-refractivity contribution in [2.45, 2.75) is 150 Å². The van der Waals surface area contributed by atoms with Crippen LogP contribution in [0.2, 0.25) is 0 Å². The predicted octanol–water partition coefficient (Wildman–Crippen LogP) is 6.38. The Morgan fingerprint density at radius 3 is 2.30 bits per heavy atom. The Balaban J connectivity index is 1.31. The molecule has 248 valence electrons. The monoisotopic (exact) mass is 614 g/mol. The van der Waals surface area contributed by atoms with Gasteiger partial charge in [-0.2, -0.15) is 0 Å². The van der Waals surface area contributed by atoms with E-state index in [9.17, 15) is 19.8 Å². The molecule has 0 bridgehead atoms. The number of aliphatic hydroxyl groups is 2. The minimum atomic E-state index is -0.898. The van der Waals surface area contributed by atoms with Gasteiger partial charge in [-0.25, -0.2) is 0 Å². The smallest absolute Gasteiger partial charge is 0.311 e. The molecule has 0 radical (unpaired) electrons. The van der Waals surface area contributed by atoms with Crippen LogP contribution in [0, 0.1) is 50.2 Å². The van der Waals surface area contributed by atoms with Gasteiger partial charge in [0.1, 0.15) is 6.10 Å². The highest BCUT2D eigenvalue weighted by Crippen LogP contribution is 2.75. The van der Waals surface area contributed by atoms with E-state index < -0.39 is 30.0 Å². The lowest BCUT2D eigenvalue weighted by molar-refractivity contribution is -0.290. The summed E-state index contributed by atoms with van der Waals surface area (Å²) in [5.74, 6) is 0.617. The summed E-state index contributed by atoms with van der Waals surface area (Å²) in [6, 6.07) is 0. The Morgan fingerprint density at radius 1 is 0.955 bits per heavy atom. The molecule has 0 aromatic rings. The number of allylic oxidation sites excluding steroid dienone is 2. The van der Waals surface area contributed by atoms with E-state index in [-0.39, 0.29) is 57.4 Å². The van der Waals surface area contributed by atoms with E-state index >= 15 is 0 Å². The Bertz CT molecular complexity index is 1210. The molecular weight excluding hydrogens is 556 g/mol. The fraction of sp³-hybridized carbons (Fsp3) is 0.892. The maximum atomic E-state index is 14.7. The van der Waals surface area contributed by atoms with Gasteiger partial charge in [-0.1, -0.05) is 47.1 Å². The molecular formula is C37H58O7. The van der Waals surface area contributed by atoms with E-state index in [2.05, 4.69) is 54.5 Å². The number of ketones is 1. The molecule has 2 N–H and O–H groups in total. The average Bonchev–Trinajstić information content (AvgIpc) is 2.94. The second-order valence-corrected chi connectivity index (χ2v) is 17.8. The van der Waals surface area contributed by atoms with Crippen molar-refractivity contribution in [1.29, 1.82) is 0 Å². The highest BCUT2D eigenvalue weighted by molar-refractivity contribution is 5.95. The van der Waals surface area contributed by atoms with Crippen molar-refractivity contribution in [3.63, 3.8) is 0 Å². The second kappa shape index (κ2) is 10.4. The first kappa shape index (κ1) is 32.7. The first-order chi connectivity index (χ1) is 20.4. The summed E-state index contributed by atoms with van der Waals surface area (Å²) in [5, 5.41) is 20.6. The predicted molar refractivity (Wildman–Crippen MR) is 167 cm³/mol. The summed E-state index contributed by atoms with van der Waals surface area (Å²) in [6.07, 6.45) is 8.06. The maximum absolute atomic E-state index is 14.7. The summed E-state index contributed by atoms with van der Waals surface area (Å²) in [6.45, 7) is 18.1. The molecule has 13 atom stereocenters. The molecule has 5 aliphatic carbocycles. The van der Waals surface area contributed by atoms with Crippen LogP contribution in [0.5, 0.6) is 0 Å². The zero-order chi connectivity index (χ0) is 32.3. The minimum absolute atomic E-state index is 0.0569. The van der Waals surface area contributed by atoms with E-state index in [1.54, 1.807) is 6.92 Å². The average molecular weight is 615 g/mol. The number of hydrogen-bond donors (Lipinski definition) is 2. The van der Waals surface area contributed by atoms with Crippen molar-refractivity contribution in [3.05, 3.63) is 11.6 Å². The lowest BCUT2D eigenvalue weighted by Crippen LogP contribution is -2.67. The van der Waals surface area contributed by atoms with Crippen LogP contribution < -0.4 is 0 Å². The van der Waals surface area contributed by atoms with Gasteiger partial charge in [-0.15, -0.1) is 0 Å². The highest BCUT2D eigenvalue weighted by atomic mass is 16.7. The van der Waals surface area contributed by atoms with Crippen molar-refractivity contribution in [2.75, 3.05) is 7.11 Å². The SMILES string of the molecule is COC(=O)[C@@]1(C)CC[C@]2(C)CC[C@]3(C)C(=CC(=O)[C@@H]4[C@@]5(C)CC[C@H](O[C@H]6C[C@H](O)[C@@H](O)[C@H](C)O6)C(C)(C)[C@@H]5CC[C@]43C)[C@@H]2C1. The van der Waals surface area contributed by atoms with E-state index in [1.165, 1.54) is 12.7 Å². The largest absolute Gasteiger partial charge is 0.469 e. The zero-order valence-electron chi connectivity index (χ0n) is 28.7. The van der Waals surface area contributed by atoms with E-state index in [0.717, 1.165) is 57.8 Å². The number of rotatable bonds is 3. The van der Waals surface area contributed by atoms with Gasteiger partial charge in [0.2, 0.25) is 0 Å². The number of ether oxygens (including phenoxy) is 3. The Morgan fingerprint density at radius 2 is 1.64 bits per heavy atom. The van der Waals surface area contributed by atoms with Crippen LogP contribution in [-0.2, 0) is 23.8 Å². The molecule has 6 rings (SSSR count). The normalized spacial score (nSPS) is 53.3. The van der Waals surface area contributed by atoms with Gasteiger partial charge >= 0.3 is 5.97 Å². The molecule has 1 saturated heterocycles. The molecule has 0 unspecified atom stereocenters. The van der Waals surface area contributed by atoms with Gasteiger partial charge in [0.05, 0.1) is 30.8 Å². The van der Waals surface area contributed by atoms with Gasteiger partial charge in [0, 0.05) is 12.3 Å². The Hall–Kier alpha value is -1.28. The van der Waals surface area contributed by atoms with Gasteiger partial charge in [0.25, 0.3) is 0 Å².